The molecule has 0 saturated carbocycles. The van der Waals surface area contributed by atoms with E-state index in [2.05, 4.69) is 23.7 Å². The molecular weight excluding hydrogens is 345 g/mol. The van der Waals surface area contributed by atoms with Crippen molar-refractivity contribution in [3.05, 3.63) is 54.1 Å². The van der Waals surface area contributed by atoms with Crippen LogP contribution in [0.1, 0.15) is 43.6 Å². The minimum absolute atomic E-state index is 0.00548. The molecule has 5 nitrogen and oxygen atoms in total. The Balaban J connectivity index is 1.68. The molecule has 1 amide bonds. The first-order valence-electron chi connectivity index (χ1n) is 9.38. The van der Waals surface area contributed by atoms with E-state index in [1.807, 2.05) is 11.0 Å². The second-order valence-electron chi connectivity index (χ2n) is 8.01. The molecule has 2 atom stereocenters. The van der Waals surface area contributed by atoms with Crippen molar-refractivity contribution in [2.75, 3.05) is 11.4 Å². The summed E-state index contributed by atoms with van der Waals surface area (Å²) in [7, 11) is 0. The number of carbonyl (C=O) groups is 1. The molecular formula is C21H24FN3O2. The lowest BCUT2D eigenvalue weighted by Crippen LogP contribution is -2.53. The lowest BCUT2D eigenvalue weighted by atomic mass is 9.93. The number of hydrogen-bond donors (Lipinski definition) is 1. The van der Waals surface area contributed by atoms with E-state index in [0.29, 0.717) is 6.54 Å². The Kier molecular flexibility index (Phi) is 4.29. The van der Waals surface area contributed by atoms with E-state index >= 15 is 0 Å². The quantitative estimate of drug-likeness (QED) is 0.879. The second-order valence-corrected chi connectivity index (χ2v) is 8.01. The first kappa shape index (κ1) is 17.8. The van der Waals surface area contributed by atoms with Crippen LogP contribution in [0.2, 0.25) is 0 Å². The number of likely N-dealkylation sites (tertiary alicyclic amines) is 1. The lowest BCUT2D eigenvalue weighted by molar-refractivity contribution is 0.0596. The van der Waals surface area contributed by atoms with E-state index in [0.717, 1.165) is 24.9 Å². The molecule has 1 aromatic carbocycles. The van der Waals surface area contributed by atoms with Crippen LogP contribution < -0.4 is 4.90 Å². The van der Waals surface area contributed by atoms with E-state index in [1.54, 1.807) is 18.2 Å². The van der Waals surface area contributed by atoms with Gasteiger partial charge in [-0.3, -0.25) is 4.79 Å². The van der Waals surface area contributed by atoms with E-state index in [1.165, 1.54) is 18.3 Å². The molecule has 2 aliphatic heterocycles. The molecule has 2 aromatic rings. The normalized spacial score (nSPS) is 24.0. The number of amides is 1. The van der Waals surface area contributed by atoms with Crippen molar-refractivity contribution in [2.45, 2.75) is 50.7 Å². The average molecular weight is 369 g/mol. The number of nitrogens with zero attached hydrogens (tertiary/aromatic N) is 3. The average Bonchev–Trinajstić information content (AvgIpc) is 2.91. The summed E-state index contributed by atoms with van der Waals surface area (Å²) in [5.74, 6) is -0.586. The maximum absolute atomic E-state index is 13.8. The number of anilines is 1. The van der Waals surface area contributed by atoms with E-state index in [4.69, 9.17) is 0 Å². The lowest BCUT2D eigenvalue weighted by Gasteiger charge is -2.42. The molecule has 0 radical (unpaired) electrons. The number of rotatable bonds is 2. The van der Waals surface area contributed by atoms with Crippen molar-refractivity contribution in [3.63, 3.8) is 0 Å². The Morgan fingerprint density at radius 3 is 2.81 bits per heavy atom. The molecule has 0 spiro atoms. The number of aromatic nitrogens is 1. The summed E-state index contributed by atoms with van der Waals surface area (Å²) < 4.78 is 13.8. The van der Waals surface area contributed by atoms with Crippen molar-refractivity contribution in [3.8, 4) is 5.75 Å². The van der Waals surface area contributed by atoms with Gasteiger partial charge < -0.3 is 14.9 Å². The summed E-state index contributed by atoms with van der Waals surface area (Å²) in [6.45, 7) is 4.91. The predicted octanol–water partition coefficient (Wildman–Crippen LogP) is 3.59. The molecule has 142 valence electrons. The third-order valence-electron chi connectivity index (χ3n) is 5.77. The zero-order valence-electron chi connectivity index (χ0n) is 15.6. The molecule has 0 aliphatic carbocycles. The zero-order chi connectivity index (χ0) is 19.2. The maximum Gasteiger partial charge on any atom is 0.276 e. The molecule has 6 heteroatoms. The number of pyridine rings is 1. The third kappa shape index (κ3) is 3.03. The van der Waals surface area contributed by atoms with Gasteiger partial charge in [-0.2, -0.15) is 0 Å². The highest BCUT2D eigenvalue weighted by Crippen LogP contribution is 2.44. The van der Waals surface area contributed by atoms with Crippen LogP contribution in [0.4, 0.5) is 10.1 Å². The Labute approximate surface area is 158 Å². The molecule has 27 heavy (non-hydrogen) atoms. The van der Waals surface area contributed by atoms with Gasteiger partial charge >= 0.3 is 0 Å². The molecule has 4 rings (SSSR count). The minimum Gasteiger partial charge on any atom is -0.505 e. The number of carbonyl (C=O) groups excluding carboxylic acids is 1. The maximum atomic E-state index is 13.8. The van der Waals surface area contributed by atoms with Crippen molar-refractivity contribution >= 4 is 11.6 Å². The van der Waals surface area contributed by atoms with Gasteiger partial charge in [0.2, 0.25) is 0 Å². The summed E-state index contributed by atoms with van der Waals surface area (Å²) >= 11 is 0. The summed E-state index contributed by atoms with van der Waals surface area (Å²) in [6, 6.07) is 9.88. The molecule has 2 fully saturated rings. The van der Waals surface area contributed by atoms with Crippen LogP contribution in [0.25, 0.3) is 0 Å². The van der Waals surface area contributed by atoms with Crippen LogP contribution in [0.15, 0.2) is 42.6 Å². The SMILES string of the molecule is CC1(C)C[C@H]2[C@H](CCCN2C(=O)c2ncccc2O)N1c1cccc(F)c1. The van der Waals surface area contributed by atoms with Crippen LogP contribution in [-0.4, -0.2) is 45.1 Å². The fourth-order valence-corrected chi connectivity index (χ4v) is 4.76. The standard InChI is InChI=1S/C21H24FN3O2/c1-21(2)13-17-16(25(21)15-7-3-6-14(22)12-15)8-5-11-24(17)20(27)19-18(26)9-4-10-23-19/h3-4,6-7,9-10,12,16-17,26H,5,8,11,13H2,1-2H3/t16-,17-/m0/s1. The van der Waals surface area contributed by atoms with Crippen LogP contribution in [0, 0.1) is 5.82 Å². The smallest absolute Gasteiger partial charge is 0.276 e. The Hall–Kier alpha value is -2.63. The van der Waals surface area contributed by atoms with Crippen LogP contribution in [-0.2, 0) is 0 Å². The van der Waals surface area contributed by atoms with Gasteiger partial charge in [-0.1, -0.05) is 6.07 Å². The van der Waals surface area contributed by atoms with Crippen molar-refractivity contribution in [1.82, 2.24) is 9.88 Å². The van der Waals surface area contributed by atoms with E-state index in [-0.39, 0.29) is 40.8 Å². The number of piperidine rings is 1. The highest BCUT2D eigenvalue weighted by atomic mass is 19.1. The van der Waals surface area contributed by atoms with Gasteiger partial charge in [0, 0.05) is 24.0 Å². The molecule has 3 heterocycles. The Morgan fingerprint density at radius 1 is 1.26 bits per heavy atom. The number of halogens is 1. The molecule has 1 aromatic heterocycles. The molecule has 0 bridgehead atoms. The van der Waals surface area contributed by atoms with Crippen molar-refractivity contribution < 1.29 is 14.3 Å². The summed E-state index contributed by atoms with van der Waals surface area (Å²) in [5, 5.41) is 10.1. The van der Waals surface area contributed by atoms with Crippen LogP contribution in [0.3, 0.4) is 0 Å². The second kappa shape index (κ2) is 6.51. The number of hydrogen-bond acceptors (Lipinski definition) is 4. The van der Waals surface area contributed by atoms with Crippen LogP contribution >= 0.6 is 0 Å². The molecule has 2 saturated heterocycles. The van der Waals surface area contributed by atoms with E-state index in [9.17, 15) is 14.3 Å². The van der Waals surface area contributed by atoms with Gasteiger partial charge in [0.25, 0.3) is 5.91 Å². The molecule has 1 N–H and O–H groups in total. The number of aromatic hydroxyl groups is 1. The first-order valence-corrected chi connectivity index (χ1v) is 9.38. The van der Waals surface area contributed by atoms with Gasteiger partial charge in [-0.25, -0.2) is 9.37 Å². The molecule has 0 unspecified atom stereocenters. The fraction of sp³-hybridized carbons (Fsp3) is 0.429. The highest BCUT2D eigenvalue weighted by Gasteiger charge is 2.51. The fourth-order valence-electron chi connectivity index (χ4n) is 4.76. The van der Waals surface area contributed by atoms with Crippen LogP contribution in [0.5, 0.6) is 5.75 Å². The summed E-state index contributed by atoms with van der Waals surface area (Å²) in [5.41, 5.74) is 0.737. The first-order chi connectivity index (χ1) is 12.9. The summed E-state index contributed by atoms with van der Waals surface area (Å²) in [4.78, 5) is 21.3. The summed E-state index contributed by atoms with van der Waals surface area (Å²) in [6.07, 6.45) is 4.12. The number of benzene rings is 1. The van der Waals surface area contributed by atoms with Gasteiger partial charge in [0.05, 0.1) is 12.1 Å². The van der Waals surface area contributed by atoms with Gasteiger partial charge in [-0.05, 0) is 63.4 Å². The van der Waals surface area contributed by atoms with Crippen molar-refractivity contribution in [2.24, 2.45) is 0 Å². The predicted molar refractivity (Wildman–Crippen MR) is 101 cm³/mol. The van der Waals surface area contributed by atoms with Gasteiger partial charge in [0.15, 0.2) is 5.69 Å². The van der Waals surface area contributed by atoms with Gasteiger partial charge in [0.1, 0.15) is 11.6 Å². The third-order valence-corrected chi connectivity index (χ3v) is 5.77. The Bertz CT molecular complexity index is 870. The minimum atomic E-state index is -0.256. The largest absolute Gasteiger partial charge is 0.505 e. The molecule has 2 aliphatic rings. The highest BCUT2D eigenvalue weighted by molar-refractivity contribution is 5.95. The monoisotopic (exact) mass is 369 g/mol. The number of fused-ring (bicyclic) bond motifs is 1. The van der Waals surface area contributed by atoms with E-state index < -0.39 is 0 Å². The topological polar surface area (TPSA) is 56.7 Å². The van der Waals surface area contributed by atoms with Gasteiger partial charge in [-0.15, -0.1) is 0 Å². The zero-order valence-corrected chi connectivity index (χ0v) is 15.6. The Morgan fingerprint density at radius 2 is 2.07 bits per heavy atom. The van der Waals surface area contributed by atoms with Crippen molar-refractivity contribution in [1.29, 1.82) is 0 Å².